The fraction of sp³-hybridized carbons (Fsp3) is 0.273. The van der Waals surface area contributed by atoms with E-state index in [1.54, 1.807) is 18.2 Å². The van der Waals surface area contributed by atoms with Gasteiger partial charge in [0.15, 0.2) is 6.04 Å². The Morgan fingerprint density at radius 1 is 1.33 bits per heavy atom. The summed E-state index contributed by atoms with van der Waals surface area (Å²) < 4.78 is 6.18. The van der Waals surface area contributed by atoms with Gasteiger partial charge in [0.1, 0.15) is 0 Å². The van der Waals surface area contributed by atoms with Gasteiger partial charge in [0.2, 0.25) is 0 Å². The van der Waals surface area contributed by atoms with E-state index >= 15 is 0 Å². The molecule has 1 unspecified atom stereocenters. The van der Waals surface area contributed by atoms with E-state index in [0.29, 0.717) is 5.56 Å². The molecule has 1 rings (SSSR count). The number of carboxylic acids is 1. The molecule has 2 N–H and O–H groups in total. The summed E-state index contributed by atoms with van der Waals surface area (Å²) in [4.78, 5) is 22.7. The third-order valence-corrected chi connectivity index (χ3v) is 2.98. The quantitative estimate of drug-likeness (QED) is 0.819. The number of carbonyl (C=O) groups is 2. The molecule has 0 heterocycles. The zero-order valence-electron chi connectivity index (χ0n) is 9.44. The van der Waals surface area contributed by atoms with Crippen molar-refractivity contribution in [2.45, 2.75) is 6.04 Å². The smallest absolute Gasteiger partial charge is 0.328 e. The Bertz CT molecular complexity index is 444. The van der Waals surface area contributed by atoms with Crippen molar-refractivity contribution < 1.29 is 19.4 Å². The van der Waals surface area contributed by atoms with Gasteiger partial charge in [0.05, 0.1) is 6.61 Å². The summed E-state index contributed by atoms with van der Waals surface area (Å²) in [5.41, 5.74) is 0.360. The first kappa shape index (κ1) is 15.1. The maximum absolute atomic E-state index is 11.9. The molecular formula is C11H11Br2NO4. The predicted molar refractivity (Wildman–Crippen MR) is 72.6 cm³/mol. The lowest BCUT2D eigenvalue weighted by Crippen LogP contribution is -2.43. The monoisotopic (exact) mass is 379 g/mol. The molecule has 5 nitrogen and oxygen atoms in total. The summed E-state index contributed by atoms with van der Waals surface area (Å²) in [7, 11) is 1.37. The number of aliphatic carboxylic acids is 1. The van der Waals surface area contributed by atoms with Gasteiger partial charge in [-0.25, -0.2) is 4.79 Å². The van der Waals surface area contributed by atoms with Crippen LogP contribution in [0.2, 0.25) is 0 Å². The Morgan fingerprint density at radius 3 is 2.33 bits per heavy atom. The predicted octanol–water partition coefficient (Wildman–Crippen LogP) is 2.04. The molecule has 0 aliphatic heterocycles. The summed E-state index contributed by atoms with van der Waals surface area (Å²) in [6, 6.07) is 3.92. The SMILES string of the molecule is COCC(NC(=O)c1cc(Br)cc(Br)c1)C(=O)O. The summed E-state index contributed by atoms with van der Waals surface area (Å²) in [6.45, 7) is -0.0871. The molecule has 7 heteroatoms. The van der Waals surface area contributed by atoms with E-state index in [1.165, 1.54) is 7.11 Å². The fourth-order valence-electron chi connectivity index (χ4n) is 1.27. The van der Waals surface area contributed by atoms with Crippen molar-refractivity contribution >= 4 is 43.7 Å². The molecule has 1 amide bonds. The van der Waals surface area contributed by atoms with Crippen LogP contribution in [0.5, 0.6) is 0 Å². The number of carboxylic acid groups (broad SMARTS) is 1. The Hall–Kier alpha value is -0.920. The number of amides is 1. The molecule has 0 radical (unpaired) electrons. The van der Waals surface area contributed by atoms with Gasteiger partial charge in [-0.15, -0.1) is 0 Å². The minimum Gasteiger partial charge on any atom is -0.480 e. The lowest BCUT2D eigenvalue weighted by Gasteiger charge is -2.13. The van der Waals surface area contributed by atoms with Crippen molar-refractivity contribution in [2.75, 3.05) is 13.7 Å². The Morgan fingerprint density at radius 2 is 1.89 bits per heavy atom. The van der Waals surface area contributed by atoms with Gasteiger partial charge in [0.25, 0.3) is 5.91 Å². The van der Waals surface area contributed by atoms with Gasteiger partial charge < -0.3 is 15.2 Å². The molecular weight excluding hydrogens is 370 g/mol. The Balaban J connectivity index is 2.83. The first-order valence-electron chi connectivity index (χ1n) is 4.92. The summed E-state index contributed by atoms with van der Waals surface area (Å²) in [5, 5.41) is 11.3. The van der Waals surface area contributed by atoms with Crippen LogP contribution in [-0.2, 0) is 9.53 Å². The molecule has 1 atom stereocenters. The van der Waals surface area contributed by atoms with E-state index in [-0.39, 0.29) is 6.61 Å². The zero-order chi connectivity index (χ0) is 13.7. The minimum absolute atomic E-state index is 0.0871. The van der Waals surface area contributed by atoms with E-state index in [4.69, 9.17) is 9.84 Å². The fourth-order valence-corrected chi connectivity index (χ4v) is 2.56. The number of nitrogens with one attached hydrogen (secondary N) is 1. The molecule has 0 aromatic heterocycles. The van der Waals surface area contributed by atoms with E-state index in [9.17, 15) is 9.59 Å². The van der Waals surface area contributed by atoms with E-state index in [0.717, 1.165) is 8.95 Å². The molecule has 0 aliphatic rings. The molecule has 0 aliphatic carbocycles. The van der Waals surface area contributed by atoms with E-state index in [2.05, 4.69) is 37.2 Å². The standard InChI is InChI=1S/C11H11Br2NO4/c1-18-5-9(11(16)17)14-10(15)6-2-7(12)4-8(13)3-6/h2-4,9H,5H2,1H3,(H,14,15)(H,16,17). The summed E-state index contributed by atoms with van der Waals surface area (Å²) >= 11 is 6.51. The highest BCUT2D eigenvalue weighted by atomic mass is 79.9. The minimum atomic E-state index is -1.14. The highest BCUT2D eigenvalue weighted by molar-refractivity contribution is 9.11. The Labute approximate surface area is 121 Å². The number of carbonyl (C=O) groups excluding carboxylic acids is 1. The molecule has 0 bridgehead atoms. The molecule has 1 aromatic rings. The van der Waals surface area contributed by atoms with Crippen LogP contribution in [-0.4, -0.2) is 36.7 Å². The van der Waals surface area contributed by atoms with Crippen LogP contribution < -0.4 is 5.32 Å². The molecule has 0 saturated heterocycles. The number of hydrogen-bond acceptors (Lipinski definition) is 3. The molecule has 98 valence electrons. The summed E-state index contributed by atoms with van der Waals surface area (Å²) in [5.74, 6) is -1.61. The largest absolute Gasteiger partial charge is 0.480 e. The normalized spacial score (nSPS) is 11.9. The lowest BCUT2D eigenvalue weighted by molar-refractivity contribution is -0.140. The maximum atomic E-state index is 11.9. The van der Waals surface area contributed by atoms with E-state index in [1.807, 2.05) is 0 Å². The van der Waals surface area contributed by atoms with Gasteiger partial charge in [-0.1, -0.05) is 31.9 Å². The zero-order valence-corrected chi connectivity index (χ0v) is 12.6. The van der Waals surface area contributed by atoms with Crippen molar-refractivity contribution in [3.05, 3.63) is 32.7 Å². The number of rotatable bonds is 5. The average molecular weight is 381 g/mol. The second-order valence-electron chi connectivity index (χ2n) is 3.48. The first-order valence-corrected chi connectivity index (χ1v) is 6.51. The number of ether oxygens (including phenoxy) is 1. The second-order valence-corrected chi connectivity index (χ2v) is 5.31. The van der Waals surface area contributed by atoms with E-state index < -0.39 is 17.9 Å². The number of hydrogen-bond donors (Lipinski definition) is 2. The third kappa shape index (κ3) is 4.40. The van der Waals surface area contributed by atoms with Gasteiger partial charge in [-0.2, -0.15) is 0 Å². The van der Waals surface area contributed by atoms with Crippen LogP contribution in [0.15, 0.2) is 27.1 Å². The van der Waals surface area contributed by atoms with Gasteiger partial charge in [0, 0.05) is 21.6 Å². The molecule has 0 spiro atoms. The van der Waals surface area contributed by atoms with Gasteiger partial charge in [-0.3, -0.25) is 4.79 Å². The lowest BCUT2D eigenvalue weighted by atomic mass is 10.2. The number of benzene rings is 1. The van der Waals surface area contributed by atoms with Crippen LogP contribution in [0.25, 0.3) is 0 Å². The van der Waals surface area contributed by atoms with Crippen LogP contribution >= 0.6 is 31.9 Å². The molecule has 18 heavy (non-hydrogen) atoms. The van der Waals surface area contributed by atoms with Crippen molar-refractivity contribution in [1.82, 2.24) is 5.32 Å². The van der Waals surface area contributed by atoms with Crippen LogP contribution in [0.1, 0.15) is 10.4 Å². The average Bonchev–Trinajstić information content (AvgIpc) is 2.26. The maximum Gasteiger partial charge on any atom is 0.328 e. The Kier molecular flexibility index (Phi) is 5.77. The van der Waals surface area contributed by atoms with Crippen molar-refractivity contribution in [3.8, 4) is 0 Å². The van der Waals surface area contributed by atoms with Crippen molar-refractivity contribution in [3.63, 3.8) is 0 Å². The molecule has 0 saturated carbocycles. The highest BCUT2D eigenvalue weighted by Gasteiger charge is 2.20. The molecule has 1 aromatic carbocycles. The topological polar surface area (TPSA) is 75.6 Å². The number of halogens is 2. The second kappa shape index (κ2) is 6.86. The highest BCUT2D eigenvalue weighted by Crippen LogP contribution is 2.20. The van der Waals surface area contributed by atoms with Crippen molar-refractivity contribution in [1.29, 1.82) is 0 Å². The van der Waals surface area contributed by atoms with Gasteiger partial charge >= 0.3 is 5.97 Å². The third-order valence-electron chi connectivity index (χ3n) is 2.06. The van der Waals surface area contributed by atoms with Crippen LogP contribution in [0.4, 0.5) is 0 Å². The van der Waals surface area contributed by atoms with Crippen LogP contribution in [0.3, 0.4) is 0 Å². The summed E-state index contributed by atoms with van der Waals surface area (Å²) in [6.07, 6.45) is 0. The first-order chi connectivity index (χ1) is 8.43. The van der Waals surface area contributed by atoms with Gasteiger partial charge in [-0.05, 0) is 18.2 Å². The van der Waals surface area contributed by atoms with Crippen LogP contribution in [0, 0.1) is 0 Å². The number of methoxy groups -OCH3 is 1. The molecule has 0 fully saturated rings. The van der Waals surface area contributed by atoms with Crippen molar-refractivity contribution in [2.24, 2.45) is 0 Å².